The Hall–Kier alpha value is -2.84. The maximum atomic E-state index is 14.7. The number of carbonyl (C=O) groups is 1. The number of nitrogens with zero attached hydrogens (tertiary/aromatic N) is 2. The quantitative estimate of drug-likeness (QED) is 0.642. The molecule has 0 spiro atoms. The van der Waals surface area contributed by atoms with Crippen LogP contribution < -0.4 is 11.3 Å². The van der Waals surface area contributed by atoms with Crippen LogP contribution in [0.2, 0.25) is 0 Å². The van der Waals surface area contributed by atoms with Gasteiger partial charge in [0.1, 0.15) is 18.5 Å². The molecule has 0 saturated heterocycles. The molecule has 4 atom stereocenters. The summed E-state index contributed by atoms with van der Waals surface area (Å²) in [5, 5.41) is 11.0. The third-order valence-corrected chi connectivity index (χ3v) is 7.93. The molecule has 2 aliphatic carbocycles. The van der Waals surface area contributed by atoms with Crippen molar-refractivity contribution in [2.45, 2.75) is 63.9 Å². The first-order valence-electron chi connectivity index (χ1n) is 11.1. The highest BCUT2D eigenvalue weighted by Crippen LogP contribution is 2.48. The van der Waals surface area contributed by atoms with Crippen LogP contribution in [0.5, 0.6) is 0 Å². The number of carbonyl (C=O) groups excluding carboxylic acids is 1. The first-order chi connectivity index (χ1) is 15.3. The highest BCUT2D eigenvalue weighted by molar-refractivity contribution is 6.15. The van der Waals surface area contributed by atoms with Gasteiger partial charge in [0.2, 0.25) is 0 Å². The topological polar surface area (TPSA) is 109 Å². The molecular weight excluding hydrogens is 413 g/mol. The molecule has 1 saturated carbocycles. The number of esters is 1. The van der Waals surface area contributed by atoms with Crippen LogP contribution in [0.25, 0.3) is 0 Å². The van der Waals surface area contributed by atoms with Crippen LogP contribution in [0, 0.1) is 5.92 Å². The van der Waals surface area contributed by atoms with E-state index in [0.29, 0.717) is 34.7 Å². The monoisotopic (exact) mass is 438 g/mol. The van der Waals surface area contributed by atoms with E-state index in [-0.39, 0.29) is 42.4 Å². The van der Waals surface area contributed by atoms with Gasteiger partial charge in [0.15, 0.2) is 5.60 Å². The Morgan fingerprint density at radius 2 is 2.19 bits per heavy atom. The van der Waals surface area contributed by atoms with Crippen molar-refractivity contribution >= 4 is 11.7 Å². The lowest BCUT2D eigenvalue weighted by atomic mass is 9.67. The average Bonchev–Trinajstić information content (AvgIpc) is 3.14. The Bertz CT molecular complexity index is 1300. The molecule has 3 aliphatic heterocycles. The number of dihydropyridines is 1. The highest BCUT2D eigenvalue weighted by Gasteiger charge is 2.49. The fourth-order valence-electron chi connectivity index (χ4n) is 6.13. The lowest BCUT2D eigenvalue weighted by Gasteiger charge is -2.40. The van der Waals surface area contributed by atoms with Gasteiger partial charge in [-0.05, 0) is 37.5 Å². The molecule has 166 valence electrons. The summed E-state index contributed by atoms with van der Waals surface area (Å²) in [5.41, 5.74) is 7.94. The van der Waals surface area contributed by atoms with Gasteiger partial charge in [0, 0.05) is 29.0 Å². The van der Waals surface area contributed by atoms with Crippen molar-refractivity contribution in [2.75, 3.05) is 0 Å². The Kier molecular flexibility index (Phi) is 3.94. The van der Waals surface area contributed by atoms with Crippen molar-refractivity contribution in [3.8, 4) is 0 Å². The molecule has 4 N–H and O–H groups in total. The summed E-state index contributed by atoms with van der Waals surface area (Å²) < 4.78 is 21.5. The van der Waals surface area contributed by atoms with Gasteiger partial charge < -0.3 is 20.1 Å². The summed E-state index contributed by atoms with van der Waals surface area (Å²) in [7, 11) is 0. The highest BCUT2D eigenvalue weighted by atomic mass is 19.1. The van der Waals surface area contributed by atoms with E-state index in [2.05, 4.69) is 5.73 Å². The van der Waals surface area contributed by atoms with Gasteiger partial charge in [-0.2, -0.15) is 0 Å². The Labute approximate surface area is 183 Å². The van der Waals surface area contributed by atoms with Crippen LogP contribution in [-0.4, -0.2) is 33.4 Å². The number of allylic oxidation sites excluding steroid dienone is 3. The van der Waals surface area contributed by atoms with Gasteiger partial charge in [-0.3, -0.25) is 9.79 Å². The number of cyclic esters (lactones) is 1. The van der Waals surface area contributed by atoms with Crippen LogP contribution >= 0.6 is 0 Å². The number of pyridine rings is 1. The second-order valence-corrected chi connectivity index (χ2v) is 9.38. The molecule has 1 aromatic heterocycles. The number of fused-ring (bicyclic) bond motifs is 4. The standard InChI is InChI=1S/C24H24FN3O4/c1-3-24(31)14-6-18-21-12(8-28(18)22(29)13(14)9-32-23(24)30)19-16(26)5-4-11-10(2)15(25)7-17(27-21)20(11)19/h6-7,16-17,20,31H,3-5,8-9,26H2,1-2H3/p+1/t16-,17?,20?,24-/m0/s1. The van der Waals surface area contributed by atoms with E-state index in [1.54, 1.807) is 23.6 Å². The third-order valence-electron chi connectivity index (χ3n) is 7.93. The Morgan fingerprint density at radius 1 is 1.41 bits per heavy atom. The van der Waals surface area contributed by atoms with E-state index in [1.165, 1.54) is 0 Å². The molecule has 0 aromatic carbocycles. The molecule has 1 aromatic rings. The average molecular weight is 438 g/mol. The smallest absolute Gasteiger partial charge is 0.343 e. The first kappa shape index (κ1) is 19.8. The summed E-state index contributed by atoms with van der Waals surface area (Å²) in [6.45, 7) is 3.71. The summed E-state index contributed by atoms with van der Waals surface area (Å²) in [6.07, 6.45) is 3.29. The zero-order chi connectivity index (χ0) is 22.5. The van der Waals surface area contributed by atoms with Crippen LogP contribution in [-0.2, 0) is 28.3 Å². The normalized spacial score (nSPS) is 32.5. The fraction of sp³-hybridized carbons (Fsp3) is 0.458. The number of aliphatic hydroxyl groups is 1. The van der Waals surface area contributed by atoms with Crippen LogP contribution in [0.4, 0.5) is 4.39 Å². The minimum absolute atomic E-state index is 0.0124. The van der Waals surface area contributed by atoms with Gasteiger partial charge in [0.25, 0.3) is 5.56 Å². The molecular formula is C24H25FN3O4+. The molecule has 32 heavy (non-hydrogen) atoms. The third kappa shape index (κ3) is 2.29. The molecule has 6 rings (SSSR count). The Morgan fingerprint density at radius 3 is 2.94 bits per heavy atom. The van der Waals surface area contributed by atoms with Crippen LogP contribution in [0.3, 0.4) is 0 Å². The number of halogens is 1. The maximum Gasteiger partial charge on any atom is 0.343 e. The molecule has 0 bridgehead atoms. The van der Waals surface area contributed by atoms with Crippen LogP contribution in [0.15, 0.2) is 50.0 Å². The number of rotatable bonds is 1. The SMILES string of the molecule is CC[C@@]1(O)C(=O)OCc2c1cc1n(c2=O)CC2=C3C4C(=C(C)C(F)=CC4N=C21)CC[C@@H]3[NH3+]. The summed E-state index contributed by atoms with van der Waals surface area (Å²) in [4.78, 5) is 30.7. The number of hydrogen-bond acceptors (Lipinski definition) is 5. The lowest BCUT2D eigenvalue weighted by Crippen LogP contribution is -2.65. The van der Waals surface area contributed by atoms with Gasteiger partial charge in [-0.25, -0.2) is 9.18 Å². The number of quaternary nitrogens is 1. The van der Waals surface area contributed by atoms with Gasteiger partial charge in [-0.1, -0.05) is 12.5 Å². The molecule has 1 fully saturated rings. The fourth-order valence-corrected chi connectivity index (χ4v) is 6.13. The molecule has 2 unspecified atom stereocenters. The number of aliphatic imine (C=N–C) groups is 1. The van der Waals surface area contributed by atoms with Crippen molar-refractivity contribution in [3.63, 3.8) is 0 Å². The van der Waals surface area contributed by atoms with E-state index >= 15 is 0 Å². The molecule has 5 aliphatic rings. The van der Waals surface area contributed by atoms with Crippen molar-refractivity contribution in [3.05, 3.63) is 67.4 Å². The Balaban J connectivity index is 1.61. The predicted molar refractivity (Wildman–Crippen MR) is 113 cm³/mol. The minimum atomic E-state index is -1.86. The largest absolute Gasteiger partial charge is 0.458 e. The first-order valence-corrected chi connectivity index (χ1v) is 11.1. The van der Waals surface area contributed by atoms with Crippen molar-refractivity contribution in [1.82, 2.24) is 4.57 Å². The van der Waals surface area contributed by atoms with E-state index in [0.717, 1.165) is 29.6 Å². The van der Waals surface area contributed by atoms with Crippen molar-refractivity contribution in [1.29, 1.82) is 0 Å². The van der Waals surface area contributed by atoms with E-state index < -0.39 is 11.6 Å². The lowest BCUT2D eigenvalue weighted by molar-refractivity contribution is -0.411. The summed E-state index contributed by atoms with van der Waals surface area (Å²) in [6, 6.07) is 1.39. The predicted octanol–water partition coefficient (Wildman–Crippen LogP) is 1.19. The van der Waals surface area contributed by atoms with E-state index in [1.807, 2.05) is 6.92 Å². The van der Waals surface area contributed by atoms with Crippen molar-refractivity contribution in [2.24, 2.45) is 10.9 Å². The van der Waals surface area contributed by atoms with E-state index in [4.69, 9.17) is 9.73 Å². The second kappa shape index (κ2) is 6.36. The molecule has 4 heterocycles. The minimum Gasteiger partial charge on any atom is -0.458 e. The zero-order valence-corrected chi connectivity index (χ0v) is 18.1. The van der Waals surface area contributed by atoms with Gasteiger partial charge >= 0.3 is 5.97 Å². The maximum absolute atomic E-state index is 14.7. The number of aromatic nitrogens is 1. The van der Waals surface area contributed by atoms with Gasteiger partial charge in [0.05, 0.1) is 29.6 Å². The van der Waals surface area contributed by atoms with E-state index in [9.17, 15) is 19.1 Å². The molecule has 0 radical (unpaired) electrons. The second-order valence-electron chi connectivity index (χ2n) is 9.38. The van der Waals surface area contributed by atoms with Gasteiger partial charge in [-0.15, -0.1) is 0 Å². The summed E-state index contributed by atoms with van der Waals surface area (Å²) >= 11 is 0. The zero-order valence-electron chi connectivity index (χ0n) is 18.1. The number of hydrogen-bond donors (Lipinski definition) is 2. The number of ether oxygens (including phenoxy) is 1. The molecule has 7 nitrogen and oxygen atoms in total. The molecule has 0 amide bonds. The van der Waals surface area contributed by atoms with Crippen LogP contribution in [0.1, 0.15) is 49.9 Å². The molecule has 8 heteroatoms. The summed E-state index contributed by atoms with van der Waals surface area (Å²) in [5.74, 6) is -0.992. The van der Waals surface area contributed by atoms with Crippen molar-refractivity contribution < 1.29 is 24.8 Å².